The molecule has 4 atom stereocenters. The van der Waals surface area contributed by atoms with Crippen molar-refractivity contribution in [3.8, 4) is 0 Å². The Hall–Kier alpha value is -4.16. The highest BCUT2D eigenvalue weighted by Crippen LogP contribution is 2.60. The van der Waals surface area contributed by atoms with Crippen LogP contribution in [0.4, 0.5) is 15.5 Å². The smallest absolute Gasteiger partial charge is 0.264 e. The van der Waals surface area contributed by atoms with Gasteiger partial charge in [-0.1, -0.05) is 83.5 Å². The normalized spacial score (nSPS) is 21.4. The molecule has 0 unspecified atom stereocenters. The van der Waals surface area contributed by atoms with E-state index in [2.05, 4.69) is 21.2 Å². The predicted molar refractivity (Wildman–Crippen MR) is 198 cm³/mol. The van der Waals surface area contributed by atoms with Crippen LogP contribution in [0.3, 0.4) is 0 Å². The molecule has 0 radical (unpaired) electrons. The molecule has 1 spiro atoms. The Balaban J connectivity index is 1.30. The molecule has 2 heterocycles. The molecular weight excluding hydrogens is 717 g/mol. The first-order chi connectivity index (χ1) is 23.9. The van der Waals surface area contributed by atoms with E-state index in [1.165, 1.54) is 0 Å². The van der Waals surface area contributed by atoms with Gasteiger partial charge in [0, 0.05) is 45.8 Å². The number of ether oxygens (including phenoxy) is 1. The van der Waals surface area contributed by atoms with E-state index in [4.69, 9.17) is 4.74 Å². The number of nitrogens with zero attached hydrogens (tertiary/aromatic N) is 2. The monoisotopic (exact) mass is 757 g/mol. The molecule has 50 heavy (non-hydrogen) atoms. The fourth-order valence-electron chi connectivity index (χ4n) is 7.62. The maximum absolute atomic E-state index is 16.4. The van der Waals surface area contributed by atoms with Crippen LogP contribution in [0.25, 0.3) is 0 Å². The minimum atomic E-state index is -3.52. The van der Waals surface area contributed by atoms with Crippen molar-refractivity contribution < 1.29 is 28.3 Å². The van der Waals surface area contributed by atoms with Crippen LogP contribution >= 0.6 is 15.9 Å². The minimum absolute atomic E-state index is 0.121. The molecule has 2 aliphatic heterocycles. The van der Waals surface area contributed by atoms with Gasteiger partial charge in [-0.15, -0.1) is 0 Å². The van der Waals surface area contributed by atoms with E-state index in [9.17, 15) is 19.5 Å². The summed E-state index contributed by atoms with van der Waals surface area (Å²) in [6.45, 7) is 5.47. The molecule has 0 aliphatic carbocycles. The quantitative estimate of drug-likeness (QED) is 0.123. The molecule has 0 aromatic heterocycles. The first kappa shape index (κ1) is 35.7. The molecule has 1 fully saturated rings. The van der Waals surface area contributed by atoms with E-state index in [0.29, 0.717) is 29.0 Å². The third kappa shape index (κ3) is 7.05. The number of benzene rings is 4. The number of anilines is 2. The van der Waals surface area contributed by atoms with E-state index in [0.717, 1.165) is 15.6 Å². The van der Waals surface area contributed by atoms with Gasteiger partial charge >= 0.3 is 0 Å². The molecule has 260 valence electrons. The second-order valence-electron chi connectivity index (χ2n) is 13.6. The second-order valence-corrected chi connectivity index (χ2v) is 18.3. The zero-order valence-corrected chi connectivity index (χ0v) is 30.9. The molecule has 2 N–H and O–H groups in total. The SMILES string of the molecule is C[C@H]1[C@H]([Si](C)(C)F)[C@@H](CC(=O)N(CCO)Cc2ccccc2)O[C@]12C(=O)N(Cc1cccc(NC(=O)c3ccccc3)c1)c1ccc(Br)cc12. The van der Waals surface area contributed by atoms with Crippen LogP contribution < -0.4 is 10.2 Å². The largest absolute Gasteiger partial charge is 0.395 e. The van der Waals surface area contributed by atoms with Gasteiger partial charge in [0.1, 0.15) is 0 Å². The fraction of sp³-hybridized carbons (Fsp3) is 0.308. The summed E-state index contributed by atoms with van der Waals surface area (Å²) < 4.78 is 24.0. The van der Waals surface area contributed by atoms with Gasteiger partial charge in [0.25, 0.3) is 11.8 Å². The number of carbonyl (C=O) groups excluding carboxylic acids is 3. The Morgan fingerprint density at radius 2 is 1.66 bits per heavy atom. The lowest BCUT2D eigenvalue weighted by atomic mass is 9.82. The molecule has 8 nitrogen and oxygen atoms in total. The number of fused-ring (bicyclic) bond motifs is 2. The molecule has 4 aromatic carbocycles. The molecule has 11 heteroatoms. The number of hydrogen-bond donors (Lipinski definition) is 2. The predicted octanol–water partition coefficient (Wildman–Crippen LogP) is 7.43. The first-order valence-electron chi connectivity index (χ1n) is 16.8. The molecule has 6 rings (SSSR count). The average molecular weight is 759 g/mol. The molecule has 3 amide bonds. The van der Waals surface area contributed by atoms with Gasteiger partial charge in [-0.3, -0.25) is 14.4 Å². The molecular formula is C39H41BrFN3O5Si. The van der Waals surface area contributed by atoms with Crippen LogP contribution in [0.5, 0.6) is 0 Å². The zero-order valence-electron chi connectivity index (χ0n) is 28.3. The summed E-state index contributed by atoms with van der Waals surface area (Å²) >= 11 is 3.58. The number of aliphatic hydroxyl groups is 1. The van der Waals surface area contributed by atoms with Crippen LogP contribution in [-0.4, -0.2) is 55.4 Å². The van der Waals surface area contributed by atoms with Crippen molar-refractivity contribution in [2.75, 3.05) is 23.4 Å². The summed E-state index contributed by atoms with van der Waals surface area (Å²) in [7, 11) is -3.52. The number of nitrogens with one attached hydrogen (secondary N) is 1. The van der Waals surface area contributed by atoms with E-state index in [1.807, 2.05) is 79.7 Å². The Kier molecular flexibility index (Phi) is 10.4. The lowest BCUT2D eigenvalue weighted by Crippen LogP contribution is -2.45. The van der Waals surface area contributed by atoms with E-state index >= 15 is 4.11 Å². The third-order valence-corrected chi connectivity index (χ3v) is 12.7. The van der Waals surface area contributed by atoms with Crippen molar-refractivity contribution in [2.24, 2.45) is 5.92 Å². The van der Waals surface area contributed by atoms with Gasteiger partial charge in [0.05, 0.1) is 31.4 Å². The summed E-state index contributed by atoms with van der Waals surface area (Å²) in [4.78, 5) is 44.8. The summed E-state index contributed by atoms with van der Waals surface area (Å²) in [6, 6.07) is 31.3. The van der Waals surface area contributed by atoms with Crippen LogP contribution in [0, 0.1) is 5.92 Å². The number of halogens is 2. The molecule has 2 aliphatic rings. The van der Waals surface area contributed by atoms with Crippen molar-refractivity contribution in [3.05, 3.63) is 130 Å². The van der Waals surface area contributed by atoms with E-state index < -0.39 is 31.6 Å². The van der Waals surface area contributed by atoms with Crippen molar-refractivity contribution in [1.29, 1.82) is 0 Å². The highest BCUT2D eigenvalue weighted by atomic mass is 79.9. The van der Waals surface area contributed by atoms with Crippen LogP contribution in [0.1, 0.15) is 40.4 Å². The van der Waals surface area contributed by atoms with Gasteiger partial charge in [-0.25, -0.2) is 0 Å². The number of amides is 3. The van der Waals surface area contributed by atoms with Crippen molar-refractivity contribution in [3.63, 3.8) is 0 Å². The van der Waals surface area contributed by atoms with Gasteiger partial charge in [-0.05, 0) is 66.7 Å². The Bertz CT molecular complexity index is 1870. The highest BCUT2D eigenvalue weighted by Gasteiger charge is 2.67. The number of carbonyl (C=O) groups is 3. The van der Waals surface area contributed by atoms with E-state index in [-0.39, 0.29) is 43.8 Å². The van der Waals surface area contributed by atoms with Crippen molar-refractivity contribution in [2.45, 2.75) is 56.8 Å². The molecule has 4 aromatic rings. The summed E-state index contributed by atoms with van der Waals surface area (Å²) in [5.74, 6) is -1.40. The Morgan fingerprint density at radius 1 is 0.980 bits per heavy atom. The fourth-order valence-corrected chi connectivity index (χ4v) is 10.5. The summed E-state index contributed by atoms with van der Waals surface area (Å²) in [5, 5.41) is 12.7. The van der Waals surface area contributed by atoms with E-state index in [1.54, 1.807) is 53.2 Å². The second kappa shape index (κ2) is 14.6. The van der Waals surface area contributed by atoms with Crippen LogP contribution in [0.2, 0.25) is 18.6 Å². The van der Waals surface area contributed by atoms with Crippen LogP contribution in [-0.2, 0) is 33.0 Å². The molecule has 0 bridgehead atoms. The highest BCUT2D eigenvalue weighted by molar-refractivity contribution is 9.10. The lowest BCUT2D eigenvalue weighted by Gasteiger charge is -2.31. The standard InChI is InChI=1S/C39H41BrFN3O5Si/c1-26-36(50(2,3)41)34(23-35(46)43(19-20-45)24-27-11-6-4-7-12-27)49-39(26)32-22-30(40)17-18-33(32)44(38(39)48)25-28-13-10-16-31(21-28)42-37(47)29-14-8-5-9-15-29/h4-18,21-22,26,34,36,45H,19-20,23-25H2,1-3H3,(H,42,47)/t26-,34+,36-,39+/m0/s1. The third-order valence-electron chi connectivity index (χ3n) is 9.80. The topological polar surface area (TPSA) is 99.2 Å². The first-order valence-corrected chi connectivity index (χ1v) is 20.5. The minimum Gasteiger partial charge on any atom is -0.395 e. The summed E-state index contributed by atoms with van der Waals surface area (Å²) in [6.07, 6.45) is -0.975. The maximum atomic E-state index is 16.4. The average Bonchev–Trinajstić information content (AvgIpc) is 3.51. The number of hydrogen-bond acceptors (Lipinski definition) is 5. The summed E-state index contributed by atoms with van der Waals surface area (Å²) in [5.41, 5.74) is 1.93. The number of aliphatic hydroxyl groups excluding tert-OH is 1. The van der Waals surface area contributed by atoms with Gasteiger partial charge in [0.15, 0.2) is 5.60 Å². The van der Waals surface area contributed by atoms with Crippen molar-refractivity contribution in [1.82, 2.24) is 4.90 Å². The van der Waals surface area contributed by atoms with Gasteiger partial charge in [0.2, 0.25) is 14.3 Å². The van der Waals surface area contributed by atoms with Crippen LogP contribution in [0.15, 0.2) is 108 Å². The lowest BCUT2D eigenvalue weighted by molar-refractivity contribution is -0.150. The Morgan fingerprint density at radius 3 is 2.34 bits per heavy atom. The van der Waals surface area contributed by atoms with Crippen molar-refractivity contribution >= 4 is 53.4 Å². The van der Waals surface area contributed by atoms with Gasteiger partial charge < -0.3 is 29.1 Å². The number of rotatable bonds is 11. The molecule has 1 saturated heterocycles. The Labute approximate surface area is 301 Å². The maximum Gasteiger partial charge on any atom is 0.264 e. The zero-order chi connectivity index (χ0) is 35.6. The molecule has 0 saturated carbocycles. The van der Waals surface area contributed by atoms with Gasteiger partial charge in [-0.2, -0.15) is 0 Å².